The van der Waals surface area contributed by atoms with Crippen molar-refractivity contribution in [1.29, 1.82) is 0 Å². The highest BCUT2D eigenvalue weighted by atomic mass is 32.2. The lowest BCUT2D eigenvalue weighted by Gasteiger charge is -2.22. The molecule has 0 saturated heterocycles. The summed E-state index contributed by atoms with van der Waals surface area (Å²) in [6, 6.07) is 2.98. The molecule has 5 nitrogen and oxygen atoms in total. The highest BCUT2D eigenvalue weighted by molar-refractivity contribution is 7.92. The molecule has 0 heterocycles. The summed E-state index contributed by atoms with van der Waals surface area (Å²) >= 11 is 0. The molecular formula is C16H24F2N2O3S. The van der Waals surface area contributed by atoms with Crippen molar-refractivity contribution in [3.63, 3.8) is 0 Å². The third-order valence-corrected chi connectivity index (χ3v) is 4.68. The first-order valence-electron chi connectivity index (χ1n) is 7.87. The topological polar surface area (TPSA) is 66.5 Å². The van der Waals surface area contributed by atoms with Crippen LogP contribution in [0.1, 0.15) is 39.5 Å². The number of sulfonamides is 1. The van der Waals surface area contributed by atoms with E-state index in [0.29, 0.717) is 0 Å². The third-order valence-electron chi connectivity index (χ3n) is 3.49. The van der Waals surface area contributed by atoms with Crippen LogP contribution in [0, 0.1) is 11.6 Å². The standard InChI is InChI=1S/C16H24F2N2O3S/c1-4-6-12(2)19-16(21)7-5-10-20(24(3,22)23)13-8-9-14(17)15(18)11-13/h8-9,11-12H,4-7,10H2,1-3H3,(H,19,21)/t12-/m0/s1. The predicted octanol–water partition coefficient (Wildman–Crippen LogP) is 2.82. The second kappa shape index (κ2) is 8.96. The van der Waals surface area contributed by atoms with Crippen molar-refractivity contribution in [2.45, 2.75) is 45.6 Å². The highest BCUT2D eigenvalue weighted by Crippen LogP contribution is 2.21. The van der Waals surface area contributed by atoms with Gasteiger partial charge in [-0.25, -0.2) is 17.2 Å². The largest absolute Gasteiger partial charge is 0.354 e. The number of halogens is 2. The number of amides is 1. The van der Waals surface area contributed by atoms with Crippen LogP contribution in [0.2, 0.25) is 0 Å². The first kappa shape index (κ1) is 20.3. The van der Waals surface area contributed by atoms with E-state index in [4.69, 9.17) is 0 Å². The maximum atomic E-state index is 13.3. The van der Waals surface area contributed by atoms with Crippen LogP contribution >= 0.6 is 0 Å². The molecule has 1 aromatic carbocycles. The molecule has 1 atom stereocenters. The van der Waals surface area contributed by atoms with E-state index >= 15 is 0 Å². The molecule has 0 saturated carbocycles. The molecule has 1 rings (SSSR count). The van der Waals surface area contributed by atoms with Gasteiger partial charge in [0.1, 0.15) is 0 Å². The second-order valence-corrected chi connectivity index (χ2v) is 7.70. The van der Waals surface area contributed by atoms with Crippen molar-refractivity contribution in [3.05, 3.63) is 29.8 Å². The third kappa shape index (κ3) is 6.43. The maximum absolute atomic E-state index is 13.3. The quantitative estimate of drug-likeness (QED) is 0.735. The van der Waals surface area contributed by atoms with Gasteiger partial charge >= 0.3 is 0 Å². The van der Waals surface area contributed by atoms with Gasteiger partial charge in [0.15, 0.2) is 11.6 Å². The minimum Gasteiger partial charge on any atom is -0.354 e. The minimum atomic E-state index is -3.66. The first-order valence-corrected chi connectivity index (χ1v) is 9.72. The Labute approximate surface area is 142 Å². The Hall–Kier alpha value is -1.70. The Bertz CT molecular complexity index is 665. The zero-order valence-corrected chi connectivity index (χ0v) is 15.0. The summed E-state index contributed by atoms with van der Waals surface area (Å²) in [4.78, 5) is 11.8. The lowest BCUT2D eigenvalue weighted by Crippen LogP contribution is -2.34. The van der Waals surface area contributed by atoms with Crippen LogP contribution in [-0.4, -0.2) is 33.2 Å². The van der Waals surface area contributed by atoms with E-state index in [2.05, 4.69) is 5.32 Å². The average Bonchev–Trinajstić information content (AvgIpc) is 2.45. The van der Waals surface area contributed by atoms with E-state index in [1.54, 1.807) is 0 Å². The van der Waals surface area contributed by atoms with Crippen LogP contribution in [0.25, 0.3) is 0 Å². The van der Waals surface area contributed by atoms with E-state index in [0.717, 1.165) is 35.5 Å². The van der Waals surface area contributed by atoms with Gasteiger partial charge < -0.3 is 5.32 Å². The number of carbonyl (C=O) groups excluding carboxylic acids is 1. The van der Waals surface area contributed by atoms with Crippen LogP contribution in [-0.2, 0) is 14.8 Å². The fourth-order valence-electron chi connectivity index (χ4n) is 2.36. The molecule has 1 N–H and O–H groups in total. The molecule has 1 amide bonds. The number of hydrogen-bond donors (Lipinski definition) is 1. The summed E-state index contributed by atoms with van der Waals surface area (Å²) < 4.78 is 51.1. The van der Waals surface area contributed by atoms with Gasteiger partial charge in [0.25, 0.3) is 0 Å². The monoisotopic (exact) mass is 362 g/mol. The van der Waals surface area contributed by atoms with Gasteiger partial charge in [-0.1, -0.05) is 13.3 Å². The van der Waals surface area contributed by atoms with Gasteiger partial charge in [0, 0.05) is 25.1 Å². The lowest BCUT2D eigenvalue weighted by molar-refractivity contribution is -0.121. The predicted molar refractivity (Wildman–Crippen MR) is 90.3 cm³/mol. The van der Waals surface area contributed by atoms with Gasteiger partial charge in [-0.2, -0.15) is 0 Å². The maximum Gasteiger partial charge on any atom is 0.232 e. The molecule has 1 aromatic rings. The molecule has 136 valence electrons. The summed E-state index contributed by atoms with van der Waals surface area (Å²) in [5, 5.41) is 2.83. The van der Waals surface area contributed by atoms with Crippen LogP contribution in [0.15, 0.2) is 18.2 Å². The molecule has 0 unspecified atom stereocenters. The molecule has 0 radical (unpaired) electrons. The minimum absolute atomic E-state index is 0.0134. The van der Waals surface area contributed by atoms with Gasteiger partial charge in [-0.3, -0.25) is 9.10 Å². The average molecular weight is 362 g/mol. The fourth-order valence-corrected chi connectivity index (χ4v) is 3.32. The summed E-state index contributed by atoms with van der Waals surface area (Å²) in [6.45, 7) is 3.94. The number of nitrogens with one attached hydrogen (secondary N) is 1. The number of carbonyl (C=O) groups is 1. The van der Waals surface area contributed by atoms with Crippen molar-refractivity contribution >= 4 is 21.6 Å². The van der Waals surface area contributed by atoms with Gasteiger partial charge in [-0.05, 0) is 31.9 Å². The van der Waals surface area contributed by atoms with Crippen molar-refractivity contribution < 1.29 is 22.0 Å². The Morgan fingerprint density at radius 3 is 2.50 bits per heavy atom. The van der Waals surface area contributed by atoms with E-state index in [-0.39, 0.29) is 37.0 Å². The van der Waals surface area contributed by atoms with Gasteiger partial charge in [-0.15, -0.1) is 0 Å². The number of hydrogen-bond acceptors (Lipinski definition) is 3. The summed E-state index contributed by atoms with van der Waals surface area (Å²) in [5.74, 6) is -2.32. The van der Waals surface area contributed by atoms with Gasteiger partial charge in [0.2, 0.25) is 15.9 Å². The Morgan fingerprint density at radius 2 is 1.96 bits per heavy atom. The Morgan fingerprint density at radius 1 is 1.29 bits per heavy atom. The highest BCUT2D eigenvalue weighted by Gasteiger charge is 2.19. The summed E-state index contributed by atoms with van der Waals surface area (Å²) in [5.41, 5.74) is 0.0381. The number of benzene rings is 1. The van der Waals surface area contributed by atoms with Crippen LogP contribution in [0.4, 0.5) is 14.5 Å². The molecule has 0 aliphatic heterocycles. The van der Waals surface area contributed by atoms with Crippen molar-refractivity contribution in [3.8, 4) is 0 Å². The van der Waals surface area contributed by atoms with E-state index in [1.807, 2.05) is 13.8 Å². The SMILES string of the molecule is CCC[C@H](C)NC(=O)CCCN(c1ccc(F)c(F)c1)S(C)(=O)=O. The molecule has 0 aliphatic rings. The van der Waals surface area contributed by atoms with E-state index in [9.17, 15) is 22.0 Å². The second-order valence-electron chi connectivity index (χ2n) is 5.79. The zero-order valence-electron chi connectivity index (χ0n) is 14.2. The number of anilines is 1. The molecule has 0 spiro atoms. The fraction of sp³-hybridized carbons (Fsp3) is 0.562. The molecule has 24 heavy (non-hydrogen) atoms. The lowest BCUT2D eigenvalue weighted by atomic mass is 10.2. The molecule has 8 heteroatoms. The normalized spacial score (nSPS) is 12.7. The first-order chi connectivity index (χ1) is 11.1. The Balaban J connectivity index is 2.69. The molecule has 0 aliphatic carbocycles. The number of rotatable bonds is 9. The Kier molecular flexibility index (Phi) is 7.59. The number of nitrogens with zero attached hydrogens (tertiary/aromatic N) is 1. The molecule has 0 fully saturated rings. The van der Waals surface area contributed by atoms with Crippen LogP contribution < -0.4 is 9.62 Å². The van der Waals surface area contributed by atoms with Crippen molar-refractivity contribution in [2.75, 3.05) is 17.1 Å². The molecular weight excluding hydrogens is 338 g/mol. The zero-order chi connectivity index (χ0) is 18.3. The van der Waals surface area contributed by atoms with Crippen molar-refractivity contribution in [1.82, 2.24) is 5.32 Å². The summed E-state index contributed by atoms with van der Waals surface area (Å²) in [7, 11) is -3.66. The van der Waals surface area contributed by atoms with Gasteiger partial charge in [0.05, 0.1) is 11.9 Å². The van der Waals surface area contributed by atoms with Crippen LogP contribution in [0.3, 0.4) is 0 Å². The summed E-state index contributed by atoms with van der Waals surface area (Å²) in [6.07, 6.45) is 3.24. The smallest absolute Gasteiger partial charge is 0.232 e. The molecule has 0 bridgehead atoms. The van der Waals surface area contributed by atoms with E-state index in [1.165, 1.54) is 6.07 Å². The van der Waals surface area contributed by atoms with Crippen LogP contribution in [0.5, 0.6) is 0 Å². The van der Waals surface area contributed by atoms with E-state index < -0.39 is 21.7 Å². The molecule has 0 aromatic heterocycles. The van der Waals surface area contributed by atoms with Crippen molar-refractivity contribution in [2.24, 2.45) is 0 Å².